The molecule has 0 spiro atoms. The van der Waals surface area contributed by atoms with Gasteiger partial charge in [-0.05, 0) is 73.9 Å². The molecule has 1 N–H and O–H groups in total. The van der Waals surface area contributed by atoms with Crippen molar-refractivity contribution in [3.8, 4) is 11.1 Å². The molecule has 0 saturated carbocycles. The Kier molecular flexibility index (Phi) is 8.35. The predicted molar refractivity (Wildman–Crippen MR) is 145 cm³/mol. The van der Waals surface area contributed by atoms with Crippen LogP contribution in [-0.4, -0.2) is 48.0 Å². The van der Waals surface area contributed by atoms with E-state index in [1.54, 1.807) is 17.9 Å². The number of aliphatic hydroxyl groups is 1. The van der Waals surface area contributed by atoms with Crippen molar-refractivity contribution in [2.75, 3.05) is 30.0 Å². The zero-order valence-electron chi connectivity index (χ0n) is 23.6. The molecule has 1 amide bonds. The molecule has 43 heavy (non-hydrogen) atoms. The Morgan fingerprint density at radius 3 is 2.09 bits per heavy atom. The second kappa shape index (κ2) is 11.3. The first-order chi connectivity index (χ1) is 19.8. The molecule has 0 bridgehead atoms. The number of pyridine rings is 1. The van der Waals surface area contributed by atoms with Gasteiger partial charge in [-0.1, -0.05) is 6.07 Å². The first-order valence-electron chi connectivity index (χ1n) is 13.1. The minimum absolute atomic E-state index is 0.00538. The summed E-state index contributed by atoms with van der Waals surface area (Å²) in [5.74, 6) is -1.23. The summed E-state index contributed by atoms with van der Waals surface area (Å²) in [6.45, 7) is 3.69. The second-order valence-corrected chi connectivity index (χ2v) is 11.0. The Morgan fingerprint density at radius 2 is 1.56 bits per heavy atom. The van der Waals surface area contributed by atoms with Crippen molar-refractivity contribution < 1.29 is 45.4 Å². The van der Waals surface area contributed by atoms with Crippen LogP contribution in [0, 0.1) is 12.7 Å². The Balaban J connectivity index is 1.84. The maximum absolute atomic E-state index is 14.0. The normalized spacial score (nSPS) is 16.1. The molecule has 0 radical (unpaired) electrons. The number of amides is 1. The van der Waals surface area contributed by atoms with E-state index in [0.717, 1.165) is 4.90 Å². The van der Waals surface area contributed by atoms with Gasteiger partial charge in [-0.2, -0.15) is 26.3 Å². The van der Waals surface area contributed by atoms with Gasteiger partial charge in [0.1, 0.15) is 11.6 Å². The fraction of sp³-hybridized carbons (Fsp3) is 0.367. The summed E-state index contributed by atoms with van der Waals surface area (Å²) in [6.07, 6.45) is -8.82. The molecular weight excluding hydrogens is 583 g/mol. The number of aromatic nitrogens is 1. The third kappa shape index (κ3) is 6.36. The van der Waals surface area contributed by atoms with Crippen LogP contribution >= 0.6 is 0 Å². The summed E-state index contributed by atoms with van der Waals surface area (Å²) in [6, 6.07) is 5.93. The number of benzene rings is 2. The van der Waals surface area contributed by atoms with Crippen LogP contribution in [0.3, 0.4) is 0 Å². The summed E-state index contributed by atoms with van der Waals surface area (Å²) >= 11 is 0. The standard InChI is InChI=1S/C30H28F7N3O3/c1-16-7-20(31)5-6-23(16)24-12-26(40-14-22(42)11-21(40)15-41)38-13-25(24)39(4)27(43)28(2,3)17-8-18(29(32,33)34)10-19(9-17)30(35,36)37/h5-10,12-13,21,41H,11,14-15H2,1-4H3/t21-/m0/s1. The maximum atomic E-state index is 14.0. The number of rotatable bonds is 6. The smallest absolute Gasteiger partial charge is 0.394 e. The van der Waals surface area contributed by atoms with E-state index in [2.05, 4.69) is 4.98 Å². The van der Waals surface area contributed by atoms with Crippen LogP contribution in [0.1, 0.15) is 42.5 Å². The number of aryl methyl sites for hydroxylation is 1. The van der Waals surface area contributed by atoms with Crippen LogP contribution < -0.4 is 9.80 Å². The van der Waals surface area contributed by atoms with Crippen molar-refractivity contribution >= 4 is 23.2 Å². The van der Waals surface area contributed by atoms with E-state index in [1.807, 2.05) is 0 Å². The van der Waals surface area contributed by atoms with Crippen LogP contribution in [0.4, 0.5) is 42.2 Å². The molecule has 2 aromatic carbocycles. The summed E-state index contributed by atoms with van der Waals surface area (Å²) < 4.78 is 95.3. The van der Waals surface area contributed by atoms with Gasteiger partial charge in [0.2, 0.25) is 5.91 Å². The van der Waals surface area contributed by atoms with Crippen molar-refractivity contribution in [2.45, 2.75) is 51.0 Å². The number of likely N-dealkylation sites (N-methyl/N-ethyl adjacent to an activating group) is 1. The molecule has 1 atom stereocenters. The summed E-state index contributed by atoms with van der Waals surface area (Å²) in [4.78, 5) is 33.0. The summed E-state index contributed by atoms with van der Waals surface area (Å²) in [5.41, 5.74) is -4.09. The molecule has 2 heterocycles. The van der Waals surface area contributed by atoms with Gasteiger partial charge >= 0.3 is 12.4 Å². The predicted octanol–water partition coefficient (Wildman–Crippen LogP) is 6.31. The molecule has 1 saturated heterocycles. The Morgan fingerprint density at radius 1 is 0.977 bits per heavy atom. The van der Waals surface area contributed by atoms with Crippen LogP contribution in [0.15, 0.2) is 48.7 Å². The quantitative estimate of drug-likeness (QED) is 0.331. The maximum Gasteiger partial charge on any atom is 0.416 e. The highest BCUT2D eigenvalue weighted by atomic mass is 19.4. The van der Waals surface area contributed by atoms with Crippen LogP contribution in [0.25, 0.3) is 11.1 Å². The van der Waals surface area contributed by atoms with E-state index < -0.39 is 52.2 Å². The van der Waals surface area contributed by atoms with E-state index in [0.29, 0.717) is 28.8 Å². The number of anilines is 2. The number of carbonyl (C=O) groups excluding carboxylic acids is 2. The Labute approximate surface area is 242 Å². The summed E-state index contributed by atoms with van der Waals surface area (Å²) in [5, 5.41) is 9.77. The Bertz CT molecular complexity index is 1540. The fourth-order valence-electron chi connectivity index (χ4n) is 5.16. The lowest BCUT2D eigenvalue weighted by Crippen LogP contribution is -2.42. The summed E-state index contributed by atoms with van der Waals surface area (Å²) in [7, 11) is 1.30. The van der Waals surface area contributed by atoms with Gasteiger partial charge in [-0.15, -0.1) is 0 Å². The van der Waals surface area contributed by atoms with Crippen molar-refractivity contribution in [3.05, 3.63) is 76.7 Å². The monoisotopic (exact) mass is 611 g/mol. The molecule has 0 unspecified atom stereocenters. The zero-order chi connectivity index (χ0) is 32.1. The van der Waals surface area contributed by atoms with E-state index in [4.69, 9.17) is 0 Å². The van der Waals surface area contributed by atoms with Gasteiger partial charge < -0.3 is 14.9 Å². The molecule has 3 aromatic rings. The highest BCUT2D eigenvalue weighted by Crippen LogP contribution is 2.41. The first kappa shape index (κ1) is 31.9. The second-order valence-electron chi connectivity index (χ2n) is 11.0. The lowest BCUT2D eigenvalue weighted by atomic mass is 9.81. The molecule has 4 rings (SSSR count). The van der Waals surface area contributed by atoms with Gasteiger partial charge in [-0.25, -0.2) is 9.37 Å². The van der Waals surface area contributed by atoms with Gasteiger partial charge in [0.15, 0.2) is 5.78 Å². The minimum atomic E-state index is -5.10. The number of carbonyl (C=O) groups is 2. The van der Waals surface area contributed by atoms with Crippen LogP contribution in [0.5, 0.6) is 0 Å². The number of nitrogens with zero attached hydrogens (tertiary/aromatic N) is 3. The fourth-order valence-corrected chi connectivity index (χ4v) is 5.16. The lowest BCUT2D eigenvalue weighted by molar-refractivity contribution is -0.143. The van der Waals surface area contributed by atoms with Crippen LogP contribution in [0.2, 0.25) is 0 Å². The van der Waals surface area contributed by atoms with E-state index in [1.165, 1.54) is 45.3 Å². The average Bonchev–Trinajstić information content (AvgIpc) is 3.31. The highest BCUT2D eigenvalue weighted by Gasteiger charge is 2.41. The molecule has 1 aromatic heterocycles. The van der Waals surface area contributed by atoms with E-state index in [-0.39, 0.29) is 42.9 Å². The van der Waals surface area contributed by atoms with Crippen molar-refractivity contribution in [1.82, 2.24) is 4.98 Å². The topological polar surface area (TPSA) is 73.7 Å². The average molecular weight is 612 g/mol. The Hall–Kier alpha value is -4.00. The van der Waals surface area contributed by atoms with Gasteiger partial charge in [0.25, 0.3) is 0 Å². The van der Waals surface area contributed by atoms with Gasteiger partial charge in [-0.3, -0.25) is 9.59 Å². The number of alkyl halides is 6. The van der Waals surface area contributed by atoms with E-state index >= 15 is 0 Å². The number of hydrogen-bond donors (Lipinski definition) is 1. The molecule has 1 aliphatic rings. The minimum Gasteiger partial charge on any atom is -0.394 e. The number of hydrogen-bond acceptors (Lipinski definition) is 5. The van der Waals surface area contributed by atoms with Gasteiger partial charge in [0, 0.05) is 19.0 Å². The molecule has 0 aliphatic carbocycles. The number of ketones is 1. The first-order valence-corrected chi connectivity index (χ1v) is 13.1. The largest absolute Gasteiger partial charge is 0.416 e. The van der Waals surface area contributed by atoms with E-state index in [9.17, 15) is 45.4 Å². The molecule has 1 aliphatic heterocycles. The third-order valence-corrected chi connectivity index (χ3v) is 7.61. The highest BCUT2D eigenvalue weighted by molar-refractivity contribution is 6.03. The number of halogens is 7. The molecule has 230 valence electrons. The molecule has 13 heteroatoms. The van der Waals surface area contributed by atoms with Crippen molar-refractivity contribution in [3.63, 3.8) is 0 Å². The number of aliphatic hydroxyl groups excluding tert-OH is 1. The SMILES string of the molecule is Cc1cc(F)ccc1-c1cc(N2CC(=O)C[C@H]2CO)ncc1N(C)C(=O)C(C)(C)c1cc(C(F)(F)F)cc(C(F)(F)F)c1. The van der Waals surface area contributed by atoms with Crippen molar-refractivity contribution in [1.29, 1.82) is 0 Å². The van der Waals surface area contributed by atoms with Crippen LogP contribution in [-0.2, 0) is 27.4 Å². The molecule has 1 fully saturated rings. The molecule has 6 nitrogen and oxygen atoms in total. The third-order valence-electron chi connectivity index (χ3n) is 7.61. The van der Waals surface area contributed by atoms with Gasteiger partial charge in [0.05, 0.1) is 47.6 Å². The molecular formula is C30H28F7N3O3. The zero-order valence-corrected chi connectivity index (χ0v) is 23.6. The lowest BCUT2D eigenvalue weighted by Gasteiger charge is -2.32. The number of Topliss-reactive ketones (excluding diaryl/α,β-unsaturated/α-hetero) is 1. The van der Waals surface area contributed by atoms with Crippen molar-refractivity contribution in [2.24, 2.45) is 0 Å².